The molecule has 208 valence electrons. The molecule has 2 atom stereocenters. The third-order valence-electron chi connectivity index (χ3n) is 7.11. The Morgan fingerprint density at radius 2 is 1.46 bits per heavy atom. The zero-order chi connectivity index (χ0) is 28.5. The van der Waals surface area contributed by atoms with Crippen LogP contribution in [-0.4, -0.2) is 40.4 Å². The van der Waals surface area contributed by atoms with Crippen LogP contribution in [0.4, 0.5) is 8.78 Å². The lowest BCUT2D eigenvalue weighted by Gasteiger charge is -2.29. The second-order valence-electron chi connectivity index (χ2n) is 10.0. The molecule has 3 aromatic carbocycles. The van der Waals surface area contributed by atoms with Gasteiger partial charge in [0.05, 0.1) is 6.10 Å². The quantitative estimate of drug-likeness (QED) is 0.274. The number of aryl methyl sites for hydroxylation is 1. The molecule has 7 heteroatoms. The van der Waals surface area contributed by atoms with Crippen LogP contribution >= 0.6 is 0 Å². The zero-order valence-corrected chi connectivity index (χ0v) is 22.9. The van der Waals surface area contributed by atoms with Gasteiger partial charge in [-0.3, -0.25) is 9.59 Å². The first kappa shape index (κ1) is 30.1. The molecule has 1 amide bonds. The Bertz CT molecular complexity index is 1260. The van der Waals surface area contributed by atoms with E-state index in [1.807, 2.05) is 45.0 Å². The van der Waals surface area contributed by atoms with Crippen molar-refractivity contribution in [1.29, 1.82) is 0 Å². The van der Waals surface area contributed by atoms with Crippen molar-refractivity contribution in [2.75, 3.05) is 6.54 Å². The number of aliphatic hydroxyl groups excluding tert-OH is 1. The number of nitrogens with two attached hydrogens (primary N) is 1. The van der Waals surface area contributed by atoms with Gasteiger partial charge in [-0.1, -0.05) is 57.2 Å². The summed E-state index contributed by atoms with van der Waals surface area (Å²) in [6, 6.07) is 16.8. The SMILES string of the molecule is CCc1cccc(CN(C[C@@H](O)[C@@H](N)Cc2cc(F)cc(F)c2)C(=O)c2cccc(C(=O)C(CC)CC)c2)c1. The van der Waals surface area contributed by atoms with Crippen LogP contribution in [-0.2, 0) is 19.4 Å². The fraction of sp³-hybridized carbons (Fsp3) is 0.375. The number of hydrogen-bond donors (Lipinski definition) is 2. The Hall–Kier alpha value is -3.42. The highest BCUT2D eigenvalue weighted by Crippen LogP contribution is 2.20. The predicted octanol–water partition coefficient (Wildman–Crippen LogP) is 5.72. The van der Waals surface area contributed by atoms with E-state index < -0.39 is 23.8 Å². The minimum absolute atomic E-state index is 0.00114. The van der Waals surface area contributed by atoms with E-state index in [9.17, 15) is 23.5 Å². The molecule has 39 heavy (non-hydrogen) atoms. The second-order valence-corrected chi connectivity index (χ2v) is 10.0. The van der Waals surface area contributed by atoms with Crippen molar-refractivity contribution in [3.05, 3.63) is 106 Å². The molecule has 3 N–H and O–H groups in total. The topological polar surface area (TPSA) is 83.6 Å². The maximum absolute atomic E-state index is 13.8. The van der Waals surface area contributed by atoms with Crippen LogP contribution in [0.25, 0.3) is 0 Å². The van der Waals surface area contributed by atoms with Gasteiger partial charge < -0.3 is 15.7 Å². The summed E-state index contributed by atoms with van der Waals surface area (Å²) in [5, 5.41) is 11.0. The number of hydrogen-bond acceptors (Lipinski definition) is 4. The molecular formula is C32H38F2N2O3. The molecule has 0 aliphatic heterocycles. The molecule has 0 aromatic heterocycles. The molecule has 0 heterocycles. The molecule has 5 nitrogen and oxygen atoms in total. The van der Waals surface area contributed by atoms with Crippen LogP contribution in [0.1, 0.15) is 71.0 Å². The average molecular weight is 537 g/mol. The summed E-state index contributed by atoms with van der Waals surface area (Å²) in [6.07, 6.45) is 1.13. The number of rotatable bonds is 13. The van der Waals surface area contributed by atoms with Gasteiger partial charge in [-0.25, -0.2) is 8.78 Å². The predicted molar refractivity (Wildman–Crippen MR) is 149 cm³/mol. The Morgan fingerprint density at radius 1 is 0.846 bits per heavy atom. The zero-order valence-electron chi connectivity index (χ0n) is 22.9. The van der Waals surface area contributed by atoms with Crippen LogP contribution in [0.3, 0.4) is 0 Å². The highest BCUT2D eigenvalue weighted by Gasteiger charge is 2.25. The van der Waals surface area contributed by atoms with Gasteiger partial charge in [-0.2, -0.15) is 0 Å². The first-order valence-corrected chi connectivity index (χ1v) is 13.5. The number of benzene rings is 3. The lowest BCUT2D eigenvalue weighted by Crippen LogP contribution is -2.46. The van der Waals surface area contributed by atoms with Crippen LogP contribution in [0.15, 0.2) is 66.7 Å². The molecule has 0 aliphatic carbocycles. The number of carbonyl (C=O) groups is 2. The summed E-state index contributed by atoms with van der Waals surface area (Å²) in [5.41, 5.74) is 9.37. The van der Waals surface area contributed by atoms with Crippen molar-refractivity contribution in [2.24, 2.45) is 11.7 Å². The van der Waals surface area contributed by atoms with Crippen molar-refractivity contribution in [3.8, 4) is 0 Å². The molecule has 0 bridgehead atoms. The number of aliphatic hydroxyl groups is 1. The highest BCUT2D eigenvalue weighted by atomic mass is 19.1. The monoisotopic (exact) mass is 536 g/mol. The number of nitrogens with zero attached hydrogens (tertiary/aromatic N) is 1. The van der Waals surface area contributed by atoms with Gasteiger partial charge in [0.15, 0.2) is 5.78 Å². The van der Waals surface area contributed by atoms with Gasteiger partial charge in [0.1, 0.15) is 11.6 Å². The van der Waals surface area contributed by atoms with Crippen LogP contribution in [0.2, 0.25) is 0 Å². The average Bonchev–Trinajstić information content (AvgIpc) is 2.92. The molecule has 0 spiro atoms. The minimum Gasteiger partial charge on any atom is -0.390 e. The first-order chi connectivity index (χ1) is 18.6. The summed E-state index contributed by atoms with van der Waals surface area (Å²) < 4.78 is 27.3. The van der Waals surface area contributed by atoms with E-state index in [0.29, 0.717) is 29.5 Å². The molecule has 3 rings (SSSR count). The number of amides is 1. The Balaban J connectivity index is 1.87. The first-order valence-electron chi connectivity index (χ1n) is 13.5. The number of ketones is 1. The maximum atomic E-state index is 13.8. The summed E-state index contributed by atoms with van der Waals surface area (Å²) in [6.45, 7) is 6.10. The molecule has 0 fully saturated rings. The van der Waals surface area contributed by atoms with Gasteiger partial charge in [0, 0.05) is 42.2 Å². The second kappa shape index (κ2) is 14.1. The summed E-state index contributed by atoms with van der Waals surface area (Å²) in [5.74, 6) is -1.90. The molecule has 0 saturated carbocycles. The van der Waals surface area contributed by atoms with Gasteiger partial charge in [0.25, 0.3) is 5.91 Å². The molecule has 0 radical (unpaired) electrons. The van der Waals surface area contributed by atoms with E-state index >= 15 is 0 Å². The van der Waals surface area contributed by atoms with Crippen molar-refractivity contribution in [1.82, 2.24) is 4.90 Å². The van der Waals surface area contributed by atoms with E-state index in [1.165, 1.54) is 17.0 Å². The van der Waals surface area contributed by atoms with Crippen LogP contribution < -0.4 is 5.73 Å². The van der Waals surface area contributed by atoms with E-state index in [-0.39, 0.29) is 37.1 Å². The molecule has 0 saturated heterocycles. The number of Topliss-reactive ketones (excluding diaryl/α,β-unsaturated/α-hetero) is 1. The van der Waals surface area contributed by atoms with Crippen LogP contribution in [0, 0.1) is 17.6 Å². The van der Waals surface area contributed by atoms with Crippen molar-refractivity contribution in [2.45, 2.75) is 65.1 Å². The Kier molecular flexibility index (Phi) is 10.9. The van der Waals surface area contributed by atoms with Gasteiger partial charge in [-0.05, 0) is 66.6 Å². The lowest BCUT2D eigenvalue weighted by molar-refractivity contribution is 0.0554. The van der Waals surface area contributed by atoms with E-state index in [0.717, 1.165) is 23.6 Å². The molecule has 0 unspecified atom stereocenters. The largest absolute Gasteiger partial charge is 0.390 e. The fourth-order valence-corrected chi connectivity index (χ4v) is 4.77. The van der Waals surface area contributed by atoms with E-state index in [1.54, 1.807) is 24.3 Å². The van der Waals surface area contributed by atoms with Gasteiger partial charge in [0.2, 0.25) is 0 Å². The summed E-state index contributed by atoms with van der Waals surface area (Å²) in [4.78, 5) is 28.2. The van der Waals surface area contributed by atoms with Gasteiger partial charge in [-0.15, -0.1) is 0 Å². The lowest BCUT2D eigenvalue weighted by atomic mass is 9.92. The van der Waals surface area contributed by atoms with Crippen molar-refractivity contribution < 1.29 is 23.5 Å². The third-order valence-corrected chi connectivity index (χ3v) is 7.11. The van der Waals surface area contributed by atoms with Gasteiger partial charge >= 0.3 is 0 Å². The third kappa shape index (κ3) is 8.28. The fourth-order valence-electron chi connectivity index (χ4n) is 4.77. The summed E-state index contributed by atoms with van der Waals surface area (Å²) >= 11 is 0. The van der Waals surface area contributed by atoms with Crippen LogP contribution in [0.5, 0.6) is 0 Å². The van der Waals surface area contributed by atoms with E-state index in [2.05, 4.69) is 0 Å². The normalized spacial score (nSPS) is 12.8. The number of halogens is 2. The maximum Gasteiger partial charge on any atom is 0.254 e. The molecular weight excluding hydrogens is 498 g/mol. The van der Waals surface area contributed by atoms with Crippen molar-refractivity contribution in [3.63, 3.8) is 0 Å². The Morgan fingerprint density at radius 3 is 2.10 bits per heavy atom. The Labute approximate surface area is 229 Å². The highest BCUT2D eigenvalue weighted by molar-refractivity contribution is 6.01. The molecule has 0 aliphatic rings. The standard InChI is InChI=1S/C32H38F2N2O3/c1-4-21-9-7-10-22(13-21)19-36(20-30(37)29(35)16-23-14-27(33)18-28(34)15-23)32(39)26-12-8-11-25(17-26)31(38)24(5-2)6-3/h7-15,17-18,24,29-30,37H,4-6,16,19-20,35H2,1-3H3/t29-,30+/m0/s1. The summed E-state index contributed by atoms with van der Waals surface area (Å²) in [7, 11) is 0. The molecule has 3 aromatic rings. The smallest absolute Gasteiger partial charge is 0.254 e. The minimum atomic E-state index is -1.16. The number of carbonyl (C=O) groups excluding carboxylic acids is 2. The van der Waals surface area contributed by atoms with Crippen molar-refractivity contribution >= 4 is 11.7 Å². The van der Waals surface area contributed by atoms with E-state index in [4.69, 9.17) is 5.73 Å².